The Hall–Kier alpha value is -2.84. The Kier molecular flexibility index (Phi) is 5.95. The lowest BCUT2D eigenvalue weighted by Crippen LogP contribution is -2.16. The van der Waals surface area contributed by atoms with Crippen molar-refractivity contribution in [1.82, 2.24) is 0 Å². The molecule has 2 aromatic carbocycles. The Balaban J connectivity index is 2.15. The van der Waals surface area contributed by atoms with Gasteiger partial charge in [0.05, 0.1) is 14.2 Å². The maximum absolute atomic E-state index is 13.1. The number of aryl methyl sites for hydroxylation is 2. The Bertz CT molecular complexity index is 1150. The van der Waals surface area contributed by atoms with Crippen molar-refractivity contribution in [3.05, 3.63) is 64.5 Å². The lowest BCUT2D eigenvalue weighted by molar-refractivity contribution is 0.0603. The van der Waals surface area contributed by atoms with E-state index < -0.39 is 16.0 Å². The first-order valence-electron chi connectivity index (χ1n) is 8.73. The molecule has 0 amide bonds. The quantitative estimate of drug-likeness (QED) is 0.576. The molecule has 0 atom stereocenters. The molecule has 0 fully saturated rings. The first-order valence-corrected chi connectivity index (χ1v) is 11.0. The molecule has 0 aliphatic heterocycles. The molecule has 6 nitrogen and oxygen atoms in total. The molecular weight excluding hydrogens is 410 g/mol. The van der Waals surface area contributed by atoms with Crippen LogP contribution in [0.3, 0.4) is 0 Å². The van der Waals surface area contributed by atoms with E-state index in [9.17, 15) is 13.2 Å². The summed E-state index contributed by atoms with van der Waals surface area (Å²) in [4.78, 5) is 13.4. The zero-order valence-electron chi connectivity index (χ0n) is 16.5. The fourth-order valence-corrected chi connectivity index (χ4v) is 5.66. The van der Waals surface area contributed by atoms with Crippen LogP contribution in [0.15, 0.2) is 53.4 Å². The molecule has 0 unspecified atom stereocenters. The van der Waals surface area contributed by atoms with Crippen molar-refractivity contribution in [3.63, 3.8) is 0 Å². The molecule has 29 heavy (non-hydrogen) atoms. The summed E-state index contributed by atoms with van der Waals surface area (Å²) in [6, 6.07) is 14.2. The smallest absolute Gasteiger partial charge is 0.341 e. The van der Waals surface area contributed by atoms with Crippen LogP contribution in [0.1, 0.15) is 20.8 Å². The number of rotatable bonds is 6. The van der Waals surface area contributed by atoms with Crippen LogP contribution < -0.4 is 9.46 Å². The van der Waals surface area contributed by atoms with Crippen molar-refractivity contribution in [2.45, 2.75) is 18.7 Å². The van der Waals surface area contributed by atoms with E-state index in [1.54, 1.807) is 19.1 Å². The highest BCUT2D eigenvalue weighted by Crippen LogP contribution is 2.41. The molecule has 0 radical (unpaired) electrons. The second kappa shape index (κ2) is 8.26. The number of benzene rings is 2. The average Bonchev–Trinajstić information content (AvgIpc) is 3.02. The van der Waals surface area contributed by atoms with Gasteiger partial charge in [0.2, 0.25) is 0 Å². The van der Waals surface area contributed by atoms with E-state index in [1.807, 2.05) is 37.3 Å². The Morgan fingerprint density at radius 1 is 1.03 bits per heavy atom. The van der Waals surface area contributed by atoms with E-state index in [-0.39, 0.29) is 21.2 Å². The molecule has 152 valence electrons. The average molecular weight is 432 g/mol. The number of carbonyl (C=O) groups is 1. The van der Waals surface area contributed by atoms with Crippen LogP contribution in [0.2, 0.25) is 0 Å². The number of nitrogens with one attached hydrogen (secondary N) is 1. The van der Waals surface area contributed by atoms with Gasteiger partial charge in [-0.15, -0.1) is 11.3 Å². The van der Waals surface area contributed by atoms with Crippen LogP contribution in [0.4, 0.5) is 5.00 Å². The van der Waals surface area contributed by atoms with E-state index in [0.717, 1.165) is 16.0 Å². The predicted octanol–water partition coefficient (Wildman–Crippen LogP) is 4.63. The molecule has 0 saturated carbocycles. The van der Waals surface area contributed by atoms with E-state index in [1.165, 1.54) is 31.6 Å². The maximum Gasteiger partial charge on any atom is 0.341 e. The zero-order chi connectivity index (χ0) is 21.2. The van der Waals surface area contributed by atoms with Gasteiger partial charge in [0.1, 0.15) is 21.2 Å². The molecule has 0 saturated heterocycles. The van der Waals surface area contributed by atoms with Crippen molar-refractivity contribution < 1.29 is 22.7 Å². The summed E-state index contributed by atoms with van der Waals surface area (Å²) in [7, 11) is -1.32. The van der Waals surface area contributed by atoms with Gasteiger partial charge in [-0.05, 0) is 37.1 Å². The summed E-state index contributed by atoms with van der Waals surface area (Å²) >= 11 is 1.19. The number of ether oxygens (including phenoxy) is 2. The molecule has 3 rings (SSSR count). The molecule has 0 aliphatic rings. The van der Waals surface area contributed by atoms with E-state index >= 15 is 0 Å². The summed E-state index contributed by atoms with van der Waals surface area (Å²) in [6.45, 7) is 3.63. The van der Waals surface area contributed by atoms with Gasteiger partial charge in [0.15, 0.2) is 0 Å². The number of anilines is 1. The zero-order valence-corrected chi connectivity index (χ0v) is 18.1. The number of sulfonamides is 1. The molecule has 0 spiro atoms. The minimum atomic E-state index is -4.00. The van der Waals surface area contributed by atoms with Gasteiger partial charge in [-0.2, -0.15) is 0 Å². The molecule has 1 heterocycles. The van der Waals surface area contributed by atoms with Gasteiger partial charge in [-0.25, -0.2) is 13.2 Å². The summed E-state index contributed by atoms with van der Waals surface area (Å²) < 4.78 is 39.0. The molecular formula is C21H21NO5S2. The summed E-state index contributed by atoms with van der Waals surface area (Å²) in [5, 5.41) is 0.205. The monoisotopic (exact) mass is 431 g/mol. The highest BCUT2D eigenvalue weighted by molar-refractivity contribution is 7.93. The number of methoxy groups -OCH3 is 2. The van der Waals surface area contributed by atoms with Crippen LogP contribution >= 0.6 is 11.3 Å². The summed E-state index contributed by atoms with van der Waals surface area (Å²) in [5.74, 6) is -0.388. The predicted molar refractivity (Wildman–Crippen MR) is 114 cm³/mol. The molecule has 0 bridgehead atoms. The summed E-state index contributed by atoms with van der Waals surface area (Å²) in [5.41, 5.74) is 2.42. The highest BCUT2D eigenvalue weighted by atomic mass is 32.2. The molecule has 1 aromatic heterocycles. The van der Waals surface area contributed by atoms with Crippen molar-refractivity contribution in [3.8, 4) is 16.9 Å². The number of thiophene rings is 1. The van der Waals surface area contributed by atoms with Gasteiger partial charge in [0.25, 0.3) is 10.0 Å². The molecule has 8 heteroatoms. The third-order valence-corrected chi connectivity index (χ3v) is 6.89. The van der Waals surface area contributed by atoms with Gasteiger partial charge in [-0.1, -0.05) is 36.4 Å². The third-order valence-electron chi connectivity index (χ3n) is 4.37. The van der Waals surface area contributed by atoms with Crippen molar-refractivity contribution in [2.24, 2.45) is 0 Å². The van der Waals surface area contributed by atoms with E-state index in [2.05, 4.69) is 4.72 Å². The lowest BCUT2D eigenvalue weighted by Gasteiger charge is -2.12. The van der Waals surface area contributed by atoms with Gasteiger partial charge in [-0.3, -0.25) is 4.72 Å². The number of esters is 1. The maximum atomic E-state index is 13.1. The highest BCUT2D eigenvalue weighted by Gasteiger charge is 2.28. The Morgan fingerprint density at radius 2 is 1.72 bits per heavy atom. The first kappa shape index (κ1) is 20.9. The van der Waals surface area contributed by atoms with Crippen LogP contribution in [0.5, 0.6) is 5.75 Å². The van der Waals surface area contributed by atoms with Crippen molar-refractivity contribution in [2.75, 3.05) is 18.9 Å². The van der Waals surface area contributed by atoms with Crippen LogP contribution in [0.25, 0.3) is 11.1 Å². The van der Waals surface area contributed by atoms with Gasteiger partial charge < -0.3 is 9.47 Å². The first-order chi connectivity index (χ1) is 13.8. The second-order valence-corrected chi connectivity index (χ2v) is 9.23. The fraction of sp³-hybridized carbons (Fsp3) is 0.190. The van der Waals surface area contributed by atoms with Gasteiger partial charge >= 0.3 is 5.97 Å². The standard InChI is InChI=1S/C21H21NO5S2/c1-13-10-11-16(26-3)17(12-13)29(24,25)22-20-19(21(23)27-4)18(14(2)28-20)15-8-6-5-7-9-15/h5-12,22H,1-4H3. The Labute approximate surface area is 174 Å². The Morgan fingerprint density at radius 3 is 2.34 bits per heavy atom. The van der Waals surface area contributed by atoms with Crippen molar-refractivity contribution in [1.29, 1.82) is 0 Å². The van der Waals surface area contributed by atoms with Crippen LogP contribution in [0, 0.1) is 13.8 Å². The third kappa shape index (κ3) is 4.13. The fourth-order valence-electron chi connectivity index (χ4n) is 3.04. The van der Waals surface area contributed by atoms with Crippen LogP contribution in [-0.4, -0.2) is 28.6 Å². The topological polar surface area (TPSA) is 81.7 Å². The van der Waals surface area contributed by atoms with Gasteiger partial charge in [0, 0.05) is 10.4 Å². The molecule has 0 aliphatic carbocycles. The van der Waals surface area contributed by atoms with E-state index in [4.69, 9.17) is 9.47 Å². The number of hydrogen-bond acceptors (Lipinski definition) is 6. The second-order valence-electron chi connectivity index (χ2n) is 6.35. The SMILES string of the molecule is COC(=O)c1c(NS(=O)(=O)c2cc(C)ccc2OC)sc(C)c1-c1ccccc1. The van der Waals surface area contributed by atoms with E-state index in [0.29, 0.717) is 5.56 Å². The number of carbonyl (C=O) groups excluding carboxylic acids is 1. The largest absolute Gasteiger partial charge is 0.495 e. The van der Waals surface area contributed by atoms with Crippen LogP contribution in [-0.2, 0) is 14.8 Å². The summed E-state index contributed by atoms with van der Waals surface area (Å²) in [6.07, 6.45) is 0. The van der Waals surface area contributed by atoms with Crippen molar-refractivity contribution >= 4 is 32.3 Å². The minimum absolute atomic E-state index is 0.00290. The molecule has 3 aromatic rings. The lowest BCUT2D eigenvalue weighted by atomic mass is 10.0. The minimum Gasteiger partial charge on any atom is -0.495 e. The number of hydrogen-bond donors (Lipinski definition) is 1. The normalized spacial score (nSPS) is 11.2. The molecule has 1 N–H and O–H groups in total.